The second kappa shape index (κ2) is 3.99. The molecule has 0 N–H and O–H groups in total. The second-order valence-corrected chi connectivity index (χ2v) is 5.56. The van der Waals surface area contributed by atoms with Crippen LogP contribution in [0.5, 0.6) is 5.75 Å². The van der Waals surface area contributed by atoms with E-state index in [-0.39, 0.29) is 10.3 Å². The summed E-state index contributed by atoms with van der Waals surface area (Å²) in [5.41, 5.74) is -5.37. The fourth-order valence-electron chi connectivity index (χ4n) is 1.08. The maximum absolute atomic E-state index is 12.1. The maximum atomic E-state index is 12.1. The van der Waals surface area contributed by atoms with Crippen molar-refractivity contribution in [3.8, 4) is 5.75 Å². The van der Waals surface area contributed by atoms with Crippen LogP contribution in [0.3, 0.4) is 0 Å². The van der Waals surface area contributed by atoms with Crippen LogP contribution in [0.15, 0.2) is 27.4 Å². The monoisotopic (exact) mass is 300 g/mol. The van der Waals surface area contributed by atoms with Gasteiger partial charge in [0.05, 0.1) is 4.70 Å². The molecule has 0 fully saturated rings. The van der Waals surface area contributed by atoms with Gasteiger partial charge in [-0.2, -0.15) is 21.6 Å². The molecule has 1 aromatic carbocycles. The SMILES string of the molecule is O=c1oc2ccc(OS(=O)(=O)C(F)(F)F)cc2s1. The Balaban J connectivity index is 2.41. The zero-order valence-corrected chi connectivity index (χ0v) is 9.86. The van der Waals surface area contributed by atoms with Gasteiger partial charge in [-0.25, -0.2) is 4.79 Å². The number of benzene rings is 1. The molecule has 0 bridgehead atoms. The summed E-state index contributed by atoms with van der Waals surface area (Å²) in [6.45, 7) is 0. The van der Waals surface area contributed by atoms with Crippen molar-refractivity contribution in [3.63, 3.8) is 0 Å². The van der Waals surface area contributed by atoms with Gasteiger partial charge in [0.2, 0.25) is 0 Å². The maximum Gasteiger partial charge on any atom is 0.534 e. The molecule has 0 unspecified atom stereocenters. The molecule has 5 nitrogen and oxygen atoms in total. The molecule has 0 aliphatic rings. The third-order valence-electron chi connectivity index (χ3n) is 1.79. The summed E-state index contributed by atoms with van der Waals surface area (Å²) in [6.07, 6.45) is 0. The first-order valence-corrected chi connectivity index (χ1v) is 6.46. The lowest BCUT2D eigenvalue weighted by Gasteiger charge is -2.08. The van der Waals surface area contributed by atoms with E-state index < -0.39 is 26.3 Å². The molecule has 0 spiro atoms. The lowest BCUT2D eigenvalue weighted by molar-refractivity contribution is -0.0500. The van der Waals surface area contributed by atoms with Crippen molar-refractivity contribution in [1.82, 2.24) is 0 Å². The van der Waals surface area contributed by atoms with Crippen LogP contribution in [0, 0.1) is 0 Å². The normalized spacial score (nSPS) is 12.8. The van der Waals surface area contributed by atoms with Crippen molar-refractivity contribution >= 4 is 31.7 Å². The van der Waals surface area contributed by atoms with E-state index in [0.717, 1.165) is 18.2 Å². The molecule has 2 rings (SSSR count). The average molecular weight is 300 g/mol. The van der Waals surface area contributed by atoms with Gasteiger partial charge in [0.25, 0.3) is 0 Å². The van der Waals surface area contributed by atoms with Crippen LogP contribution in [0.4, 0.5) is 13.2 Å². The van der Waals surface area contributed by atoms with Gasteiger partial charge in [-0.1, -0.05) is 11.3 Å². The zero-order valence-electron chi connectivity index (χ0n) is 8.22. The number of alkyl halides is 3. The molecule has 98 valence electrons. The van der Waals surface area contributed by atoms with Crippen molar-refractivity contribution in [2.45, 2.75) is 5.51 Å². The highest BCUT2D eigenvalue weighted by Crippen LogP contribution is 2.29. The molecule has 0 saturated carbocycles. The number of halogens is 3. The highest BCUT2D eigenvalue weighted by molar-refractivity contribution is 7.88. The minimum atomic E-state index is -5.72. The summed E-state index contributed by atoms with van der Waals surface area (Å²) in [5, 5.41) is 0. The van der Waals surface area contributed by atoms with Crippen molar-refractivity contribution < 1.29 is 30.2 Å². The van der Waals surface area contributed by atoms with E-state index in [1.54, 1.807) is 0 Å². The van der Waals surface area contributed by atoms with Crippen LogP contribution >= 0.6 is 11.3 Å². The summed E-state index contributed by atoms with van der Waals surface area (Å²) < 4.78 is 66.4. The van der Waals surface area contributed by atoms with Crippen LogP contribution in [0.2, 0.25) is 0 Å². The Bertz CT molecular complexity index is 740. The van der Waals surface area contributed by atoms with Gasteiger partial charge >= 0.3 is 20.6 Å². The fraction of sp³-hybridized carbons (Fsp3) is 0.125. The molecule has 0 atom stereocenters. The van der Waals surface area contributed by atoms with E-state index in [9.17, 15) is 26.4 Å². The van der Waals surface area contributed by atoms with Crippen LogP contribution in [-0.4, -0.2) is 13.9 Å². The average Bonchev–Trinajstić information content (AvgIpc) is 2.54. The molecule has 1 heterocycles. The molecule has 0 radical (unpaired) electrons. The number of hydrogen-bond acceptors (Lipinski definition) is 6. The topological polar surface area (TPSA) is 73.6 Å². The minimum absolute atomic E-state index is 0.141. The molecule has 0 amide bonds. The first kappa shape index (κ1) is 12.9. The van der Waals surface area contributed by atoms with Crippen LogP contribution in [0.1, 0.15) is 0 Å². The molecule has 0 aliphatic carbocycles. The lowest BCUT2D eigenvalue weighted by Crippen LogP contribution is -2.27. The highest BCUT2D eigenvalue weighted by Gasteiger charge is 2.48. The fourth-order valence-corrected chi connectivity index (χ4v) is 2.23. The van der Waals surface area contributed by atoms with Gasteiger partial charge in [-0.05, 0) is 12.1 Å². The van der Waals surface area contributed by atoms with E-state index in [4.69, 9.17) is 0 Å². The Kier molecular flexibility index (Phi) is 2.86. The van der Waals surface area contributed by atoms with E-state index in [0.29, 0.717) is 11.3 Å². The zero-order chi connectivity index (χ0) is 13.6. The minimum Gasteiger partial charge on any atom is -0.414 e. The predicted molar refractivity (Wildman–Crippen MR) is 56.0 cm³/mol. The largest absolute Gasteiger partial charge is 0.534 e. The molecule has 1 aromatic heterocycles. The third-order valence-corrected chi connectivity index (χ3v) is 3.56. The predicted octanol–water partition coefficient (Wildman–Crippen LogP) is 2.08. The highest BCUT2D eigenvalue weighted by atomic mass is 32.2. The third kappa shape index (κ3) is 2.34. The number of hydrogen-bond donors (Lipinski definition) is 0. The molecular weight excluding hydrogens is 297 g/mol. The van der Waals surface area contributed by atoms with Crippen LogP contribution < -0.4 is 9.12 Å². The van der Waals surface area contributed by atoms with Crippen LogP contribution in [0.25, 0.3) is 10.3 Å². The van der Waals surface area contributed by atoms with Gasteiger partial charge in [-0.3, -0.25) is 0 Å². The molecule has 0 aliphatic heterocycles. The van der Waals surface area contributed by atoms with Gasteiger partial charge in [0.15, 0.2) is 0 Å². The first-order chi connectivity index (χ1) is 8.19. The molecule has 2 aromatic rings. The Morgan fingerprint density at radius 3 is 2.56 bits per heavy atom. The summed E-state index contributed by atoms with van der Waals surface area (Å²) in [6, 6.07) is 3.09. The van der Waals surface area contributed by atoms with E-state index in [1.807, 2.05) is 0 Å². The Hall–Kier alpha value is -1.55. The molecular formula is C8H3F3O5S2. The number of fused-ring (bicyclic) bond motifs is 1. The van der Waals surface area contributed by atoms with Gasteiger partial charge in [0, 0.05) is 6.07 Å². The summed E-state index contributed by atoms with van der Waals surface area (Å²) >= 11 is 0.621. The van der Waals surface area contributed by atoms with E-state index in [1.165, 1.54) is 0 Å². The summed E-state index contributed by atoms with van der Waals surface area (Å²) in [5.74, 6) is -0.545. The van der Waals surface area contributed by atoms with E-state index >= 15 is 0 Å². The van der Waals surface area contributed by atoms with Crippen molar-refractivity contribution in [1.29, 1.82) is 0 Å². The Morgan fingerprint density at radius 1 is 1.28 bits per heavy atom. The van der Waals surface area contributed by atoms with Gasteiger partial charge < -0.3 is 8.60 Å². The smallest absolute Gasteiger partial charge is 0.414 e. The van der Waals surface area contributed by atoms with Gasteiger partial charge in [0.1, 0.15) is 11.3 Å². The first-order valence-electron chi connectivity index (χ1n) is 4.23. The molecule has 10 heteroatoms. The lowest BCUT2D eigenvalue weighted by atomic mass is 10.3. The van der Waals surface area contributed by atoms with E-state index in [2.05, 4.69) is 8.60 Å². The Labute approximate surface area is 102 Å². The molecule has 0 saturated heterocycles. The van der Waals surface area contributed by atoms with Crippen molar-refractivity contribution in [2.24, 2.45) is 0 Å². The molecule has 18 heavy (non-hydrogen) atoms. The second-order valence-electron chi connectivity index (χ2n) is 3.05. The van der Waals surface area contributed by atoms with Crippen molar-refractivity contribution in [3.05, 3.63) is 27.9 Å². The quantitative estimate of drug-likeness (QED) is 0.627. The van der Waals surface area contributed by atoms with Crippen LogP contribution in [-0.2, 0) is 10.1 Å². The Morgan fingerprint density at radius 2 is 1.94 bits per heavy atom. The summed E-state index contributed by atoms with van der Waals surface area (Å²) in [4.78, 5) is 10.2. The van der Waals surface area contributed by atoms with Crippen molar-refractivity contribution in [2.75, 3.05) is 0 Å². The standard InChI is InChI=1S/C8H3F3O5S2/c9-8(10,11)18(13,14)16-4-1-2-5-6(3-4)17-7(12)15-5/h1-3H. The van der Waals surface area contributed by atoms with Gasteiger partial charge in [-0.15, -0.1) is 0 Å². The summed E-state index contributed by atoms with van der Waals surface area (Å²) in [7, 11) is -5.72. The number of rotatable bonds is 2.